The van der Waals surface area contributed by atoms with Crippen LogP contribution in [0.1, 0.15) is 31.9 Å². The monoisotopic (exact) mass is 461 g/mol. The average Bonchev–Trinajstić information content (AvgIpc) is 2.77. The number of nitrogens with zero attached hydrogens (tertiary/aromatic N) is 1. The zero-order valence-electron chi connectivity index (χ0n) is 19.9. The first-order valence-corrected chi connectivity index (χ1v) is 13.9. The topological polar surface area (TPSA) is 61.6 Å². The van der Waals surface area contributed by atoms with Crippen LogP contribution in [0.4, 0.5) is 0 Å². The van der Waals surface area contributed by atoms with Crippen molar-refractivity contribution in [3.8, 4) is 22.6 Å². The van der Waals surface area contributed by atoms with E-state index in [1.54, 1.807) is 0 Å². The summed E-state index contributed by atoms with van der Waals surface area (Å²) in [6.07, 6.45) is 2.47. The molecular formula is C27H31NO4Si. The van der Waals surface area contributed by atoms with Gasteiger partial charge in [0, 0.05) is 6.08 Å². The van der Waals surface area contributed by atoms with Crippen LogP contribution in [-0.2, 0) is 6.61 Å². The van der Waals surface area contributed by atoms with E-state index in [0.29, 0.717) is 12.4 Å². The molecular weight excluding hydrogens is 430 g/mol. The lowest BCUT2D eigenvalue weighted by Crippen LogP contribution is -2.43. The molecule has 0 aliphatic heterocycles. The van der Waals surface area contributed by atoms with E-state index < -0.39 is 13.2 Å². The minimum atomic E-state index is -1.94. The van der Waals surface area contributed by atoms with E-state index in [1.807, 2.05) is 72.8 Å². The summed E-state index contributed by atoms with van der Waals surface area (Å²) in [5, 5.41) is 11.0. The van der Waals surface area contributed by atoms with Crippen LogP contribution in [0, 0.1) is 10.1 Å². The van der Waals surface area contributed by atoms with Crippen LogP contribution in [0.3, 0.4) is 0 Å². The molecule has 0 spiro atoms. The smallest absolute Gasteiger partial charge is 0.250 e. The van der Waals surface area contributed by atoms with Gasteiger partial charge < -0.3 is 9.16 Å². The van der Waals surface area contributed by atoms with Crippen LogP contribution in [0.2, 0.25) is 18.1 Å². The molecule has 0 heterocycles. The Balaban J connectivity index is 1.89. The van der Waals surface area contributed by atoms with E-state index in [1.165, 1.54) is 6.08 Å². The lowest BCUT2D eigenvalue weighted by molar-refractivity contribution is -0.400. The molecule has 172 valence electrons. The van der Waals surface area contributed by atoms with Gasteiger partial charge in [0.25, 0.3) is 0 Å². The minimum absolute atomic E-state index is 0.108. The third-order valence-electron chi connectivity index (χ3n) is 5.99. The first-order chi connectivity index (χ1) is 15.5. The summed E-state index contributed by atoms with van der Waals surface area (Å²) in [6.45, 7) is 11.5. The highest BCUT2D eigenvalue weighted by atomic mass is 28.4. The van der Waals surface area contributed by atoms with E-state index in [0.717, 1.165) is 34.2 Å². The average molecular weight is 462 g/mol. The Hall–Kier alpha value is -3.38. The molecule has 0 amide bonds. The Morgan fingerprint density at radius 1 is 0.939 bits per heavy atom. The number of hydrogen-bond acceptors (Lipinski definition) is 4. The summed E-state index contributed by atoms with van der Waals surface area (Å²) in [7, 11) is -1.94. The molecule has 33 heavy (non-hydrogen) atoms. The fourth-order valence-electron chi connectivity index (χ4n) is 3.05. The normalized spacial score (nSPS) is 12.0. The number of hydrogen-bond donors (Lipinski definition) is 0. The molecule has 6 heteroatoms. The van der Waals surface area contributed by atoms with Crippen LogP contribution in [0.5, 0.6) is 11.5 Å². The summed E-state index contributed by atoms with van der Waals surface area (Å²) in [4.78, 5) is 10.4. The van der Waals surface area contributed by atoms with Gasteiger partial charge in [0.2, 0.25) is 14.5 Å². The SMILES string of the molecule is CC(C)(C)[Si](C)(C)Oc1ccc(-c2cc(OCc3ccccc3)ccc2C=C[N+](=O)[O-])cc1. The van der Waals surface area contributed by atoms with Crippen molar-refractivity contribution in [2.45, 2.75) is 45.5 Å². The van der Waals surface area contributed by atoms with Crippen LogP contribution < -0.4 is 9.16 Å². The number of nitro groups is 1. The Kier molecular flexibility index (Phi) is 7.38. The number of ether oxygens (including phenoxy) is 1. The van der Waals surface area contributed by atoms with Crippen molar-refractivity contribution in [1.82, 2.24) is 0 Å². The zero-order chi connectivity index (χ0) is 24.1. The highest BCUT2D eigenvalue weighted by Gasteiger charge is 2.38. The summed E-state index contributed by atoms with van der Waals surface area (Å²) in [6, 6.07) is 23.4. The molecule has 0 saturated carbocycles. The van der Waals surface area contributed by atoms with Gasteiger partial charge in [0.1, 0.15) is 18.1 Å². The fourth-order valence-corrected chi connectivity index (χ4v) is 4.08. The lowest BCUT2D eigenvalue weighted by Gasteiger charge is -2.36. The predicted octanol–water partition coefficient (Wildman–Crippen LogP) is 7.56. The van der Waals surface area contributed by atoms with Gasteiger partial charge in [-0.1, -0.05) is 69.3 Å². The van der Waals surface area contributed by atoms with Gasteiger partial charge in [-0.25, -0.2) is 0 Å². The van der Waals surface area contributed by atoms with Gasteiger partial charge in [-0.2, -0.15) is 0 Å². The van der Waals surface area contributed by atoms with Crippen molar-refractivity contribution in [2.75, 3.05) is 0 Å². The first-order valence-electron chi connectivity index (χ1n) is 11.0. The molecule has 0 unspecified atom stereocenters. The third kappa shape index (κ3) is 6.55. The molecule has 0 saturated heterocycles. The molecule has 0 bridgehead atoms. The minimum Gasteiger partial charge on any atom is -0.544 e. The molecule has 0 N–H and O–H groups in total. The van der Waals surface area contributed by atoms with Crippen molar-refractivity contribution in [2.24, 2.45) is 0 Å². The largest absolute Gasteiger partial charge is 0.544 e. The first kappa shape index (κ1) is 24.3. The van der Waals surface area contributed by atoms with Crippen molar-refractivity contribution < 1.29 is 14.1 Å². The van der Waals surface area contributed by atoms with Crippen LogP contribution in [0.25, 0.3) is 17.2 Å². The third-order valence-corrected chi connectivity index (χ3v) is 10.4. The molecule has 0 aliphatic rings. The Labute approximate surface area is 197 Å². The van der Waals surface area contributed by atoms with Crippen molar-refractivity contribution >= 4 is 14.4 Å². The standard InChI is InChI=1S/C27H31NO4Si/c1-27(2,3)33(4,5)32-24-14-11-22(12-15-24)26-19-25(16-13-23(26)17-18-28(29)30)31-20-21-9-7-6-8-10-21/h6-19H,20H2,1-5H3. The van der Waals surface area contributed by atoms with E-state index in [-0.39, 0.29) is 5.04 Å². The van der Waals surface area contributed by atoms with E-state index in [2.05, 4.69) is 33.9 Å². The predicted molar refractivity (Wildman–Crippen MR) is 137 cm³/mol. The van der Waals surface area contributed by atoms with Crippen LogP contribution in [-0.4, -0.2) is 13.2 Å². The van der Waals surface area contributed by atoms with E-state index in [4.69, 9.17) is 9.16 Å². The summed E-state index contributed by atoms with van der Waals surface area (Å²) in [5.74, 6) is 1.54. The Morgan fingerprint density at radius 3 is 2.18 bits per heavy atom. The van der Waals surface area contributed by atoms with Crippen LogP contribution >= 0.6 is 0 Å². The highest BCUT2D eigenvalue weighted by Crippen LogP contribution is 2.38. The molecule has 0 aromatic heterocycles. The molecule has 3 rings (SSSR count). The Bertz CT molecular complexity index is 1120. The van der Waals surface area contributed by atoms with E-state index >= 15 is 0 Å². The molecule has 5 nitrogen and oxygen atoms in total. The van der Waals surface area contributed by atoms with E-state index in [9.17, 15) is 10.1 Å². The molecule has 3 aromatic rings. The van der Waals surface area contributed by atoms with Gasteiger partial charge in [0.15, 0.2) is 0 Å². The van der Waals surface area contributed by atoms with Gasteiger partial charge in [-0.15, -0.1) is 0 Å². The maximum Gasteiger partial charge on any atom is 0.250 e. The number of rotatable bonds is 8. The lowest BCUT2D eigenvalue weighted by atomic mass is 9.99. The van der Waals surface area contributed by atoms with Crippen molar-refractivity contribution in [1.29, 1.82) is 0 Å². The van der Waals surface area contributed by atoms with Crippen LogP contribution in [0.15, 0.2) is 79.0 Å². The quantitative estimate of drug-likeness (QED) is 0.197. The van der Waals surface area contributed by atoms with Gasteiger partial charge >= 0.3 is 0 Å². The van der Waals surface area contributed by atoms with Gasteiger partial charge in [0.05, 0.1) is 4.92 Å². The summed E-state index contributed by atoms with van der Waals surface area (Å²) in [5.41, 5.74) is 3.61. The Morgan fingerprint density at radius 2 is 1.58 bits per heavy atom. The number of benzene rings is 3. The molecule has 3 aromatic carbocycles. The summed E-state index contributed by atoms with van der Waals surface area (Å²) >= 11 is 0. The maximum atomic E-state index is 10.9. The van der Waals surface area contributed by atoms with Crippen molar-refractivity contribution in [3.63, 3.8) is 0 Å². The van der Waals surface area contributed by atoms with Gasteiger partial charge in [-0.3, -0.25) is 10.1 Å². The second kappa shape index (κ2) is 10.0. The fraction of sp³-hybridized carbons (Fsp3) is 0.259. The molecule has 0 aliphatic carbocycles. The molecule has 0 radical (unpaired) electrons. The van der Waals surface area contributed by atoms with Gasteiger partial charge in [-0.05, 0) is 64.7 Å². The summed E-state index contributed by atoms with van der Waals surface area (Å²) < 4.78 is 12.4. The molecule has 0 fully saturated rings. The highest BCUT2D eigenvalue weighted by molar-refractivity contribution is 6.74. The second-order valence-corrected chi connectivity index (χ2v) is 14.2. The van der Waals surface area contributed by atoms with Crippen molar-refractivity contribution in [3.05, 3.63) is 100 Å². The maximum absolute atomic E-state index is 10.9. The zero-order valence-corrected chi connectivity index (χ0v) is 20.9. The second-order valence-electron chi connectivity index (χ2n) is 9.51. The molecule has 0 atom stereocenters.